The Morgan fingerprint density at radius 2 is 1.88 bits per heavy atom. The summed E-state index contributed by atoms with van der Waals surface area (Å²) in [6.07, 6.45) is 5.99. The normalized spacial score (nSPS) is 12.4. The molecule has 8 heavy (non-hydrogen) atoms. The van der Waals surface area contributed by atoms with Gasteiger partial charge in [-0.15, -0.1) is 0 Å². The van der Waals surface area contributed by atoms with Crippen LogP contribution in [0.1, 0.15) is 13.8 Å². The first-order chi connectivity index (χ1) is 3.77. The molecule has 1 nitrogen and oxygen atoms in total. The first kappa shape index (κ1) is 7.28. The number of hydrogen-bond donors (Lipinski definition) is 0. The van der Waals surface area contributed by atoms with Crippen LogP contribution < -0.4 is 0 Å². The highest BCUT2D eigenvalue weighted by Gasteiger charge is 1.78. The van der Waals surface area contributed by atoms with Gasteiger partial charge in [0.1, 0.15) is 6.26 Å². The molecule has 1 heteroatoms. The molecule has 0 aromatic heterocycles. The van der Waals surface area contributed by atoms with E-state index >= 15 is 0 Å². The maximum Gasteiger partial charge on any atom is 0.142 e. The third-order valence-corrected chi connectivity index (χ3v) is 0.686. The van der Waals surface area contributed by atoms with Crippen molar-refractivity contribution in [1.82, 2.24) is 0 Å². The molecule has 0 saturated carbocycles. The third-order valence-electron chi connectivity index (χ3n) is 0.686. The molecule has 0 fully saturated rings. The quantitative estimate of drug-likeness (QED) is 0.384. The van der Waals surface area contributed by atoms with Gasteiger partial charge in [-0.1, -0.05) is 26.0 Å². The second kappa shape index (κ2) is 4.44. The maximum atomic E-state index is 9.68. The smallest absolute Gasteiger partial charge is 0.142 e. The first-order valence-electron chi connectivity index (χ1n) is 2.72. The summed E-state index contributed by atoms with van der Waals surface area (Å²) in [7, 11) is 0. The second-order valence-electron chi connectivity index (χ2n) is 1.96. The molecule has 0 rings (SSSR count). The van der Waals surface area contributed by atoms with E-state index in [1.54, 1.807) is 6.08 Å². The third kappa shape index (κ3) is 5.28. The van der Waals surface area contributed by atoms with Crippen molar-refractivity contribution in [3.63, 3.8) is 0 Å². The average Bonchev–Trinajstić information content (AvgIpc) is 1.66. The van der Waals surface area contributed by atoms with Crippen LogP contribution in [0.5, 0.6) is 0 Å². The molecule has 0 aromatic rings. The van der Waals surface area contributed by atoms with Crippen molar-refractivity contribution in [3.05, 3.63) is 24.5 Å². The summed E-state index contributed by atoms with van der Waals surface area (Å²) in [5.74, 6) is 0.534. The van der Waals surface area contributed by atoms with Gasteiger partial charge >= 0.3 is 0 Å². The number of rotatable bonds is 2. The van der Waals surface area contributed by atoms with E-state index in [1.807, 2.05) is 6.08 Å². The molecule has 0 aliphatic rings. The molecule has 0 saturated heterocycles. The van der Waals surface area contributed by atoms with Crippen LogP contribution in [0.4, 0.5) is 0 Å². The maximum absolute atomic E-state index is 9.68. The van der Waals surface area contributed by atoms with Crippen molar-refractivity contribution in [2.75, 3.05) is 0 Å². The number of allylic oxidation sites excluding steroid dienone is 3. The molecule has 0 aliphatic carbocycles. The van der Waals surface area contributed by atoms with E-state index in [9.17, 15) is 5.11 Å². The predicted molar refractivity (Wildman–Crippen MR) is 33.8 cm³/mol. The van der Waals surface area contributed by atoms with Crippen molar-refractivity contribution in [2.24, 2.45) is 5.92 Å². The lowest BCUT2D eigenvalue weighted by Crippen LogP contribution is -1.74. The monoisotopic (exact) mass is 111 g/mol. The summed E-state index contributed by atoms with van der Waals surface area (Å²) in [5.41, 5.74) is 0. The van der Waals surface area contributed by atoms with Crippen LogP contribution >= 0.6 is 0 Å². The zero-order valence-corrected chi connectivity index (χ0v) is 5.29. The Kier molecular flexibility index (Phi) is 4.04. The predicted octanol–water partition coefficient (Wildman–Crippen LogP) is 2.14. The fourth-order valence-electron chi connectivity index (χ4n) is 0.332. The fraction of sp³-hybridized carbons (Fsp3) is 0.429. The molecular weight excluding hydrogens is 100 g/mol. The molecule has 0 unspecified atom stereocenters. The molecule has 0 aliphatic heterocycles. The van der Waals surface area contributed by atoms with E-state index in [0.717, 1.165) is 6.26 Å². The van der Waals surface area contributed by atoms with E-state index < -0.39 is 0 Å². The zero-order chi connectivity index (χ0) is 6.41. The topological polar surface area (TPSA) is 19.9 Å². The van der Waals surface area contributed by atoms with Gasteiger partial charge in [-0.25, -0.2) is 0 Å². The van der Waals surface area contributed by atoms with Gasteiger partial charge in [-0.3, -0.25) is 5.11 Å². The highest BCUT2D eigenvalue weighted by molar-refractivity contribution is 4.99. The van der Waals surface area contributed by atoms with Crippen LogP contribution in [-0.2, 0) is 5.11 Å². The van der Waals surface area contributed by atoms with Crippen molar-refractivity contribution < 1.29 is 5.11 Å². The summed E-state index contributed by atoms with van der Waals surface area (Å²) in [6, 6.07) is 0. The molecular formula is C7H11O. The highest BCUT2D eigenvalue weighted by atomic mass is 16.2. The minimum absolute atomic E-state index is 0.534. The van der Waals surface area contributed by atoms with Crippen molar-refractivity contribution in [1.29, 1.82) is 0 Å². The molecule has 1 radical (unpaired) electrons. The fourth-order valence-corrected chi connectivity index (χ4v) is 0.332. The van der Waals surface area contributed by atoms with Crippen molar-refractivity contribution in [2.45, 2.75) is 13.8 Å². The number of hydrogen-bond acceptors (Lipinski definition) is 0. The Morgan fingerprint density at radius 3 is 2.25 bits per heavy atom. The van der Waals surface area contributed by atoms with Crippen LogP contribution in [0.3, 0.4) is 0 Å². The largest absolute Gasteiger partial charge is 0.299 e. The standard InChI is InChI=1S/C7H11O/c1-7(2)5-3-4-6-8/h3-7H,1-2H3/b5-3+,6-4+. The van der Waals surface area contributed by atoms with E-state index in [4.69, 9.17) is 0 Å². The molecule has 0 heterocycles. The van der Waals surface area contributed by atoms with Gasteiger partial charge in [-0.2, -0.15) is 0 Å². The Balaban J connectivity index is 3.34. The van der Waals surface area contributed by atoms with E-state index in [0.29, 0.717) is 5.92 Å². The molecule has 0 bridgehead atoms. The average molecular weight is 111 g/mol. The van der Waals surface area contributed by atoms with Crippen LogP contribution in [0.15, 0.2) is 24.5 Å². The van der Waals surface area contributed by atoms with E-state index in [2.05, 4.69) is 13.8 Å². The van der Waals surface area contributed by atoms with Gasteiger partial charge < -0.3 is 0 Å². The van der Waals surface area contributed by atoms with Crippen LogP contribution in [0, 0.1) is 5.92 Å². The van der Waals surface area contributed by atoms with Crippen LogP contribution in [0.25, 0.3) is 0 Å². The molecule has 0 amide bonds. The molecule has 0 atom stereocenters. The van der Waals surface area contributed by atoms with Gasteiger partial charge in [0.15, 0.2) is 0 Å². The van der Waals surface area contributed by atoms with E-state index in [-0.39, 0.29) is 0 Å². The Bertz CT molecular complexity index is 90.6. The molecule has 0 aromatic carbocycles. The van der Waals surface area contributed by atoms with Crippen molar-refractivity contribution in [3.8, 4) is 0 Å². The molecule has 45 valence electrons. The lowest BCUT2D eigenvalue weighted by molar-refractivity contribution is 0.352. The first-order valence-corrected chi connectivity index (χ1v) is 2.72. The van der Waals surface area contributed by atoms with Crippen LogP contribution in [0.2, 0.25) is 0 Å². The highest BCUT2D eigenvalue weighted by Crippen LogP contribution is 1.92. The second-order valence-corrected chi connectivity index (χ2v) is 1.96. The SMILES string of the molecule is CC(C)/C=C/C=C/[O]. The summed E-state index contributed by atoms with van der Waals surface area (Å²) in [5, 5.41) is 9.68. The van der Waals surface area contributed by atoms with Gasteiger partial charge in [0.2, 0.25) is 0 Å². The summed E-state index contributed by atoms with van der Waals surface area (Å²) in [6.45, 7) is 4.13. The summed E-state index contributed by atoms with van der Waals surface area (Å²) < 4.78 is 0. The lowest BCUT2D eigenvalue weighted by Gasteiger charge is -1.87. The lowest BCUT2D eigenvalue weighted by atomic mass is 10.2. The molecule has 0 N–H and O–H groups in total. The van der Waals surface area contributed by atoms with Gasteiger partial charge in [0.05, 0.1) is 0 Å². The summed E-state index contributed by atoms with van der Waals surface area (Å²) in [4.78, 5) is 0. The minimum atomic E-state index is 0.534. The van der Waals surface area contributed by atoms with Gasteiger partial charge in [-0.05, 0) is 12.0 Å². The van der Waals surface area contributed by atoms with E-state index in [1.165, 1.54) is 6.08 Å². The van der Waals surface area contributed by atoms with Gasteiger partial charge in [0.25, 0.3) is 0 Å². The Morgan fingerprint density at radius 1 is 1.25 bits per heavy atom. The van der Waals surface area contributed by atoms with Gasteiger partial charge in [0, 0.05) is 0 Å². The zero-order valence-electron chi connectivity index (χ0n) is 5.29. The minimum Gasteiger partial charge on any atom is -0.299 e. The Labute approximate surface area is 50.3 Å². The molecule has 0 spiro atoms. The van der Waals surface area contributed by atoms with Crippen LogP contribution in [-0.4, -0.2) is 0 Å². The summed E-state index contributed by atoms with van der Waals surface area (Å²) >= 11 is 0. The Hall–Kier alpha value is -0.720. The van der Waals surface area contributed by atoms with Crippen molar-refractivity contribution >= 4 is 0 Å².